The van der Waals surface area contributed by atoms with Gasteiger partial charge in [0.1, 0.15) is 5.75 Å². The van der Waals surface area contributed by atoms with Crippen LogP contribution in [0.15, 0.2) is 6.20 Å². The molecule has 114 valence electrons. The van der Waals surface area contributed by atoms with E-state index in [-0.39, 0.29) is 12.1 Å². The van der Waals surface area contributed by atoms with Crippen LogP contribution in [0.25, 0.3) is 0 Å². The number of methoxy groups -OCH3 is 1. The SMILES string of the molecule is CCNC(COC(C)C)Cc1ncc(C)c(OC)c1C. The van der Waals surface area contributed by atoms with Gasteiger partial charge in [0.05, 0.1) is 19.8 Å². The van der Waals surface area contributed by atoms with Crippen LogP contribution in [0.5, 0.6) is 5.75 Å². The number of nitrogens with zero attached hydrogens (tertiary/aromatic N) is 1. The molecule has 0 aliphatic rings. The van der Waals surface area contributed by atoms with E-state index in [0.717, 1.165) is 35.5 Å². The molecule has 0 spiro atoms. The molecule has 0 aromatic carbocycles. The third-order valence-corrected chi connectivity index (χ3v) is 3.31. The molecular formula is C16H28N2O2. The Morgan fingerprint density at radius 1 is 1.30 bits per heavy atom. The summed E-state index contributed by atoms with van der Waals surface area (Å²) >= 11 is 0. The van der Waals surface area contributed by atoms with Gasteiger partial charge in [-0.05, 0) is 34.2 Å². The average molecular weight is 280 g/mol. The van der Waals surface area contributed by atoms with E-state index in [4.69, 9.17) is 9.47 Å². The quantitative estimate of drug-likeness (QED) is 0.795. The van der Waals surface area contributed by atoms with Gasteiger partial charge in [-0.1, -0.05) is 6.92 Å². The predicted octanol–water partition coefficient (Wildman–Crippen LogP) is 2.65. The van der Waals surface area contributed by atoms with Crippen LogP contribution < -0.4 is 10.1 Å². The number of rotatable bonds is 8. The summed E-state index contributed by atoms with van der Waals surface area (Å²) in [5.74, 6) is 0.940. The number of aryl methyl sites for hydroxylation is 1. The largest absolute Gasteiger partial charge is 0.496 e. The first-order valence-electron chi connectivity index (χ1n) is 7.33. The van der Waals surface area contributed by atoms with Crippen molar-refractivity contribution in [3.05, 3.63) is 23.0 Å². The molecular weight excluding hydrogens is 252 g/mol. The van der Waals surface area contributed by atoms with Crippen molar-refractivity contribution in [2.75, 3.05) is 20.3 Å². The second-order valence-corrected chi connectivity index (χ2v) is 5.39. The second-order valence-electron chi connectivity index (χ2n) is 5.39. The molecule has 1 rings (SSSR count). The molecule has 1 aromatic heterocycles. The number of hydrogen-bond acceptors (Lipinski definition) is 4. The first-order chi connectivity index (χ1) is 9.49. The summed E-state index contributed by atoms with van der Waals surface area (Å²) in [6.45, 7) is 11.9. The van der Waals surface area contributed by atoms with Gasteiger partial charge in [0, 0.05) is 35.5 Å². The summed E-state index contributed by atoms with van der Waals surface area (Å²) in [7, 11) is 1.71. The molecule has 0 saturated heterocycles. The van der Waals surface area contributed by atoms with E-state index in [2.05, 4.69) is 38.0 Å². The van der Waals surface area contributed by atoms with E-state index < -0.39 is 0 Å². The summed E-state index contributed by atoms with van der Waals surface area (Å²) in [6, 6.07) is 0.279. The van der Waals surface area contributed by atoms with Crippen LogP contribution in [-0.4, -0.2) is 37.4 Å². The molecule has 1 heterocycles. The lowest BCUT2D eigenvalue weighted by atomic mass is 10.0. The van der Waals surface area contributed by atoms with Crippen molar-refractivity contribution in [1.82, 2.24) is 10.3 Å². The third-order valence-electron chi connectivity index (χ3n) is 3.31. The Kier molecular flexibility index (Phi) is 6.96. The van der Waals surface area contributed by atoms with Crippen molar-refractivity contribution in [2.45, 2.75) is 53.2 Å². The highest BCUT2D eigenvalue weighted by molar-refractivity contribution is 5.41. The van der Waals surface area contributed by atoms with Crippen molar-refractivity contribution in [2.24, 2.45) is 0 Å². The van der Waals surface area contributed by atoms with Crippen LogP contribution in [0.3, 0.4) is 0 Å². The topological polar surface area (TPSA) is 43.4 Å². The van der Waals surface area contributed by atoms with Crippen molar-refractivity contribution in [3.8, 4) is 5.75 Å². The van der Waals surface area contributed by atoms with Gasteiger partial charge in [0.15, 0.2) is 0 Å². The lowest BCUT2D eigenvalue weighted by Gasteiger charge is -2.21. The molecule has 20 heavy (non-hydrogen) atoms. The molecule has 0 saturated carbocycles. The van der Waals surface area contributed by atoms with Crippen LogP contribution in [0, 0.1) is 13.8 Å². The number of hydrogen-bond donors (Lipinski definition) is 1. The molecule has 0 radical (unpaired) electrons. The van der Waals surface area contributed by atoms with Gasteiger partial charge in [-0.25, -0.2) is 0 Å². The average Bonchev–Trinajstić information content (AvgIpc) is 2.40. The maximum atomic E-state index is 5.73. The van der Waals surface area contributed by atoms with Gasteiger partial charge in [-0.2, -0.15) is 0 Å². The van der Waals surface area contributed by atoms with Crippen LogP contribution in [0.2, 0.25) is 0 Å². The molecule has 0 fully saturated rings. The minimum absolute atomic E-state index is 0.248. The van der Waals surface area contributed by atoms with Gasteiger partial charge in [-0.3, -0.25) is 4.98 Å². The molecule has 4 nitrogen and oxygen atoms in total. The minimum atomic E-state index is 0.248. The van der Waals surface area contributed by atoms with Crippen LogP contribution >= 0.6 is 0 Å². The van der Waals surface area contributed by atoms with Gasteiger partial charge >= 0.3 is 0 Å². The fourth-order valence-corrected chi connectivity index (χ4v) is 2.30. The summed E-state index contributed by atoms with van der Waals surface area (Å²) in [4.78, 5) is 4.56. The van der Waals surface area contributed by atoms with E-state index in [1.54, 1.807) is 7.11 Å². The monoisotopic (exact) mass is 280 g/mol. The fourth-order valence-electron chi connectivity index (χ4n) is 2.30. The zero-order valence-electron chi connectivity index (χ0n) is 13.6. The number of likely N-dealkylation sites (N-methyl/N-ethyl adjacent to an activating group) is 1. The Morgan fingerprint density at radius 2 is 2.00 bits per heavy atom. The zero-order chi connectivity index (χ0) is 15.1. The first-order valence-corrected chi connectivity index (χ1v) is 7.33. The molecule has 0 bridgehead atoms. The molecule has 0 aliphatic heterocycles. The van der Waals surface area contributed by atoms with Crippen LogP contribution in [0.1, 0.15) is 37.6 Å². The highest BCUT2D eigenvalue weighted by Gasteiger charge is 2.15. The summed E-state index contributed by atoms with van der Waals surface area (Å²) < 4.78 is 11.2. The molecule has 1 N–H and O–H groups in total. The number of ether oxygens (including phenoxy) is 2. The molecule has 1 aromatic rings. The van der Waals surface area contributed by atoms with E-state index in [9.17, 15) is 0 Å². The lowest BCUT2D eigenvalue weighted by molar-refractivity contribution is 0.0614. The Bertz CT molecular complexity index is 419. The van der Waals surface area contributed by atoms with Crippen molar-refractivity contribution in [1.29, 1.82) is 0 Å². The molecule has 1 atom stereocenters. The Balaban J connectivity index is 2.82. The minimum Gasteiger partial charge on any atom is -0.496 e. The Morgan fingerprint density at radius 3 is 2.55 bits per heavy atom. The fraction of sp³-hybridized carbons (Fsp3) is 0.688. The predicted molar refractivity (Wildman–Crippen MR) is 82.5 cm³/mol. The highest BCUT2D eigenvalue weighted by atomic mass is 16.5. The first kappa shape index (κ1) is 16.9. The van der Waals surface area contributed by atoms with E-state index in [1.807, 2.05) is 13.1 Å². The highest BCUT2D eigenvalue weighted by Crippen LogP contribution is 2.24. The Hall–Kier alpha value is -1.13. The maximum absolute atomic E-state index is 5.73. The van der Waals surface area contributed by atoms with Gasteiger partial charge < -0.3 is 14.8 Å². The number of pyridine rings is 1. The van der Waals surface area contributed by atoms with Gasteiger partial charge in [0.25, 0.3) is 0 Å². The zero-order valence-corrected chi connectivity index (χ0v) is 13.6. The third kappa shape index (κ3) is 4.76. The summed E-state index contributed by atoms with van der Waals surface area (Å²) in [5.41, 5.74) is 3.28. The molecule has 0 aliphatic carbocycles. The van der Waals surface area contributed by atoms with Gasteiger partial charge in [-0.15, -0.1) is 0 Å². The summed E-state index contributed by atoms with van der Waals surface area (Å²) in [5, 5.41) is 3.46. The van der Waals surface area contributed by atoms with Crippen molar-refractivity contribution in [3.63, 3.8) is 0 Å². The van der Waals surface area contributed by atoms with Crippen LogP contribution in [0.4, 0.5) is 0 Å². The lowest BCUT2D eigenvalue weighted by Crippen LogP contribution is -2.36. The molecule has 0 amide bonds. The smallest absolute Gasteiger partial charge is 0.128 e. The van der Waals surface area contributed by atoms with Crippen LogP contribution in [-0.2, 0) is 11.2 Å². The van der Waals surface area contributed by atoms with Crippen molar-refractivity contribution >= 4 is 0 Å². The maximum Gasteiger partial charge on any atom is 0.128 e. The molecule has 1 unspecified atom stereocenters. The van der Waals surface area contributed by atoms with Gasteiger partial charge in [0.2, 0.25) is 0 Å². The second kappa shape index (κ2) is 8.22. The number of aromatic nitrogens is 1. The normalized spacial score (nSPS) is 12.8. The number of nitrogens with one attached hydrogen (secondary N) is 1. The van der Waals surface area contributed by atoms with Crippen molar-refractivity contribution < 1.29 is 9.47 Å². The standard InChI is InChI=1S/C16H28N2O2/c1-7-17-14(10-20-11(2)3)8-15-13(5)16(19-6)12(4)9-18-15/h9,11,14,17H,7-8,10H2,1-6H3. The van der Waals surface area contributed by atoms with E-state index >= 15 is 0 Å². The summed E-state index contributed by atoms with van der Waals surface area (Å²) in [6.07, 6.45) is 2.98. The Labute approximate surface area is 122 Å². The molecule has 4 heteroatoms. The van der Waals surface area contributed by atoms with E-state index in [1.165, 1.54) is 0 Å². The van der Waals surface area contributed by atoms with E-state index in [0.29, 0.717) is 6.61 Å².